The molecule has 0 saturated heterocycles. The number of aromatic nitrogens is 1. The summed E-state index contributed by atoms with van der Waals surface area (Å²) in [6, 6.07) is 12.9. The number of hydrogen-bond donors (Lipinski definition) is 0. The molecule has 0 N–H and O–H groups in total. The number of hydrogen-bond acceptors (Lipinski definition) is 2. The highest BCUT2D eigenvalue weighted by atomic mass is 16.5. The summed E-state index contributed by atoms with van der Waals surface area (Å²) in [5, 5.41) is 0. The van der Waals surface area contributed by atoms with Crippen molar-refractivity contribution in [3.8, 4) is 17.0 Å². The predicted octanol–water partition coefficient (Wildman–Crippen LogP) is 9.95. The molecule has 2 aromatic rings. The zero-order chi connectivity index (χ0) is 23.7. The van der Waals surface area contributed by atoms with E-state index in [-0.39, 0.29) is 0 Å². The maximum Gasteiger partial charge on any atom is 0.119 e. The molecular weight excluding hydrogens is 414 g/mol. The van der Waals surface area contributed by atoms with Crippen molar-refractivity contribution >= 4 is 0 Å². The van der Waals surface area contributed by atoms with Crippen LogP contribution >= 0.6 is 0 Å². The summed E-state index contributed by atoms with van der Waals surface area (Å²) >= 11 is 0. The van der Waals surface area contributed by atoms with E-state index in [2.05, 4.69) is 49.5 Å². The molecule has 1 aromatic heterocycles. The normalized spacial score (nSPS) is 14.0. The Hall–Kier alpha value is -1.83. The number of nitrogens with zero attached hydrogens (tertiary/aromatic N) is 1. The van der Waals surface area contributed by atoms with E-state index >= 15 is 0 Å². The number of pyridine rings is 1. The zero-order valence-corrected chi connectivity index (χ0v) is 21.9. The van der Waals surface area contributed by atoms with Crippen LogP contribution in [0.15, 0.2) is 42.6 Å². The Morgan fingerprint density at radius 2 is 1.41 bits per heavy atom. The van der Waals surface area contributed by atoms with Crippen molar-refractivity contribution < 1.29 is 4.74 Å². The summed E-state index contributed by atoms with van der Waals surface area (Å²) in [6.07, 6.45) is 26.8. The molecule has 0 amide bonds. The number of unbranched alkanes of at least 4 members (excludes halogenated alkanes) is 10. The van der Waals surface area contributed by atoms with Crippen LogP contribution in [0.5, 0.6) is 5.75 Å². The van der Waals surface area contributed by atoms with Gasteiger partial charge in [0, 0.05) is 11.8 Å². The first-order valence-corrected chi connectivity index (χ1v) is 14.5. The first-order chi connectivity index (χ1) is 16.8. The van der Waals surface area contributed by atoms with Crippen molar-refractivity contribution in [2.75, 3.05) is 6.61 Å². The van der Waals surface area contributed by atoms with E-state index in [4.69, 9.17) is 9.72 Å². The number of aryl methyl sites for hydroxylation is 1. The van der Waals surface area contributed by atoms with Crippen LogP contribution in [0.2, 0.25) is 0 Å². The van der Waals surface area contributed by atoms with E-state index < -0.39 is 0 Å². The molecule has 0 radical (unpaired) electrons. The Bertz CT molecular complexity index is 746. The molecule has 0 spiro atoms. The maximum atomic E-state index is 5.97. The fourth-order valence-electron chi connectivity index (χ4n) is 5.31. The van der Waals surface area contributed by atoms with Gasteiger partial charge in [-0.25, -0.2) is 0 Å². The van der Waals surface area contributed by atoms with Crippen molar-refractivity contribution in [2.45, 2.75) is 122 Å². The van der Waals surface area contributed by atoms with Gasteiger partial charge in [0.15, 0.2) is 0 Å². The molecule has 1 fully saturated rings. The molecule has 2 heteroatoms. The Labute approximate surface area is 209 Å². The molecular formula is C32H49NO. The highest BCUT2D eigenvalue weighted by molar-refractivity contribution is 5.60. The second-order valence-corrected chi connectivity index (χ2v) is 10.5. The third-order valence-electron chi connectivity index (χ3n) is 7.54. The van der Waals surface area contributed by atoms with Gasteiger partial charge in [-0.15, -0.1) is 0 Å². The van der Waals surface area contributed by atoms with Crippen LogP contribution in [0.3, 0.4) is 0 Å². The number of benzene rings is 1. The number of ether oxygens (including phenoxy) is 1. The van der Waals surface area contributed by atoms with Gasteiger partial charge >= 0.3 is 0 Å². The van der Waals surface area contributed by atoms with E-state index in [0.717, 1.165) is 42.4 Å². The Morgan fingerprint density at radius 1 is 0.735 bits per heavy atom. The van der Waals surface area contributed by atoms with Crippen LogP contribution in [-0.4, -0.2) is 11.6 Å². The van der Waals surface area contributed by atoms with Crippen molar-refractivity contribution in [1.82, 2.24) is 4.98 Å². The van der Waals surface area contributed by atoms with Gasteiger partial charge in [-0.05, 0) is 61.1 Å². The van der Waals surface area contributed by atoms with E-state index in [1.165, 1.54) is 108 Å². The van der Waals surface area contributed by atoms with E-state index in [9.17, 15) is 0 Å². The molecule has 34 heavy (non-hydrogen) atoms. The minimum Gasteiger partial charge on any atom is -0.494 e. The van der Waals surface area contributed by atoms with Crippen LogP contribution in [0.1, 0.15) is 122 Å². The minimum atomic E-state index is 0.827. The molecule has 0 atom stereocenters. The molecule has 0 aliphatic heterocycles. The van der Waals surface area contributed by atoms with E-state index in [1.807, 2.05) is 0 Å². The standard InChI is InChI=1S/C32H49NO/c1-2-3-4-5-6-8-12-19-29-20-25-32(33-27-29)30-21-23-31(24-22-30)34-26-15-10-7-9-11-16-28-17-13-14-18-28/h20-25,27-28H,2-19,26H2,1H3. The van der Waals surface area contributed by atoms with Gasteiger partial charge in [0.05, 0.1) is 12.3 Å². The van der Waals surface area contributed by atoms with Gasteiger partial charge in [-0.2, -0.15) is 0 Å². The molecule has 3 rings (SSSR count). The van der Waals surface area contributed by atoms with E-state index in [0.29, 0.717) is 0 Å². The summed E-state index contributed by atoms with van der Waals surface area (Å²) in [7, 11) is 0. The lowest BCUT2D eigenvalue weighted by Crippen LogP contribution is -1.97. The predicted molar refractivity (Wildman–Crippen MR) is 147 cm³/mol. The largest absolute Gasteiger partial charge is 0.494 e. The summed E-state index contributed by atoms with van der Waals surface area (Å²) in [5.41, 5.74) is 3.57. The maximum absolute atomic E-state index is 5.97. The van der Waals surface area contributed by atoms with E-state index in [1.54, 1.807) is 0 Å². The molecule has 0 bridgehead atoms. The monoisotopic (exact) mass is 463 g/mol. The third kappa shape index (κ3) is 10.6. The summed E-state index contributed by atoms with van der Waals surface area (Å²) < 4.78 is 5.97. The van der Waals surface area contributed by atoms with Crippen molar-refractivity contribution in [3.63, 3.8) is 0 Å². The SMILES string of the molecule is CCCCCCCCCc1ccc(-c2ccc(OCCCCCCCC3CCCC3)cc2)nc1. The number of rotatable bonds is 18. The summed E-state index contributed by atoms with van der Waals surface area (Å²) in [5.74, 6) is 2.02. The molecule has 1 aromatic carbocycles. The second kappa shape index (κ2) is 16.7. The average molecular weight is 464 g/mol. The first kappa shape index (κ1) is 26.8. The van der Waals surface area contributed by atoms with Gasteiger partial charge in [0.1, 0.15) is 5.75 Å². The van der Waals surface area contributed by atoms with Crippen LogP contribution in [0, 0.1) is 5.92 Å². The first-order valence-electron chi connectivity index (χ1n) is 14.5. The molecule has 1 heterocycles. The molecule has 2 nitrogen and oxygen atoms in total. The van der Waals surface area contributed by atoms with Gasteiger partial charge in [-0.3, -0.25) is 4.98 Å². The van der Waals surface area contributed by atoms with Crippen LogP contribution in [0.4, 0.5) is 0 Å². The fraction of sp³-hybridized carbons (Fsp3) is 0.656. The third-order valence-corrected chi connectivity index (χ3v) is 7.54. The van der Waals surface area contributed by atoms with Crippen molar-refractivity contribution in [2.24, 2.45) is 5.92 Å². The fourth-order valence-corrected chi connectivity index (χ4v) is 5.31. The smallest absolute Gasteiger partial charge is 0.119 e. The molecule has 0 unspecified atom stereocenters. The van der Waals surface area contributed by atoms with Crippen LogP contribution in [-0.2, 0) is 6.42 Å². The Kier molecular flexibility index (Phi) is 13.2. The zero-order valence-electron chi connectivity index (χ0n) is 21.9. The van der Waals surface area contributed by atoms with Gasteiger partial charge in [0.2, 0.25) is 0 Å². The molecule has 188 valence electrons. The lowest BCUT2D eigenvalue weighted by molar-refractivity contribution is 0.304. The van der Waals surface area contributed by atoms with Gasteiger partial charge in [-0.1, -0.05) is 109 Å². The molecule has 1 saturated carbocycles. The quantitative estimate of drug-likeness (QED) is 0.205. The van der Waals surface area contributed by atoms with Crippen molar-refractivity contribution in [3.05, 3.63) is 48.2 Å². The topological polar surface area (TPSA) is 22.1 Å². The minimum absolute atomic E-state index is 0.827. The second-order valence-electron chi connectivity index (χ2n) is 10.5. The summed E-state index contributed by atoms with van der Waals surface area (Å²) in [4.78, 5) is 4.71. The average Bonchev–Trinajstić information content (AvgIpc) is 3.39. The Balaban J connectivity index is 1.25. The lowest BCUT2D eigenvalue weighted by atomic mass is 9.99. The summed E-state index contributed by atoms with van der Waals surface area (Å²) in [6.45, 7) is 3.10. The Morgan fingerprint density at radius 3 is 2.12 bits per heavy atom. The highest BCUT2D eigenvalue weighted by Crippen LogP contribution is 2.29. The van der Waals surface area contributed by atoms with Crippen LogP contribution in [0.25, 0.3) is 11.3 Å². The molecule has 1 aliphatic rings. The molecule has 1 aliphatic carbocycles. The van der Waals surface area contributed by atoms with Gasteiger partial charge in [0.25, 0.3) is 0 Å². The lowest BCUT2D eigenvalue weighted by Gasteiger charge is -2.09. The highest BCUT2D eigenvalue weighted by Gasteiger charge is 2.13. The van der Waals surface area contributed by atoms with Gasteiger partial charge < -0.3 is 4.74 Å². The van der Waals surface area contributed by atoms with Crippen LogP contribution < -0.4 is 4.74 Å². The van der Waals surface area contributed by atoms with Crippen molar-refractivity contribution in [1.29, 1.82) is 0 Å².